The van der Waals surface area contributed by atoms with Crippen LogP contribution in [-0.4, -0.2) is 96.5 Å². The summed E-state index contributed by atoms with van der Waals surface area (Å²) < 4.78 is 0. The average molecular weight is 726 g/mol. The molecule has 0 heterocycles. The monoisotopic (exact) mass is 726 g/mol. The van der Waals surface area contributed by atoms with Gasteiger partial charge in [-0.2, -0.15) is 0 Å². The molecule has 8 N–H and O–H groups in total. The standard InChI is InChI=1S/C37H71N7O7/c1-10-12-13-14-15-16-17-28(41-31(46)11-2)34(49)42-30(23-26(5)6)35(50)44-37(8,9)36(51)43-29(22-25(3)4)33(48)39-19-18-32(47)40-27(7)24-38-20-21-45/h25-30,38,45H,10-24H2,1-9H3,(H,39,48)(H,40,47)(H,41,46)(H,42,49)(H,43,51)(H,44,50)/t27-,28-,29-,30-/m0/s1. The maximum Gasteiger partial charge on any atom is 0.245 e. The van der Waals surface area contributed by atoms with E-state index in [1.54, 1.807) is 6.92 Å². The van der Waals surface area contributed by atoms with Crippen molar-refractivity contribution in [2.75, 3.05) is 26.2 Å². The fourth-order valence-electron chi connectivity index (χ4n) is 5.38. The van der Waals surface area contributed by atoms with E-state index in [0.717, 1.165) is 38.5 Å². The van der Waals surface area contributed by atoms with E-state index in [2.05, 4.69) is 44.1 Å². The summed E-state index contributed by atoms with van der Waals surface area (Å²) in [5.74, 6) is -2.41. The lowest BCUT2D eigenvalue weighted by Crippen LogP contribution is -2.62. The molecule has 0 aliphatic rings. The van der Waals surface area contributed by atoms with Crippen LogP contribution in [0.5, 0.6) is 0 Å². The largest absolute Gasteiger partial charge is 0.395 e. The molecule has 0 fully saturated rings. The van der Waals surface area contributed by atoms with E-state index < -0.39 is 47.3 Å². The van der Waals surface area contributed by atoms with Crippen molar-refractivity contribution >= 4 is 35.4 Å². The zero-order chi connectivity index (χ0) is 39.0. The Bertz CT molecular complexity index is 1070. The molecule has 0 aromatic heterocycles. The summed E-state index contributed by atoms with van der Waals surface area (Å²) in [6.07, 6.45) is 7.57. The van der Waals surface area contributed by atoms with Gasteiger partial charge in [-0.1, -0.05) is 80.1 Å². The predicted octanol–water partition coefficient (Wildman–Crippen LogP) is 2.18. The van der Waals surface area contributed by atoms with Gasteiger partial charge in [0.05, 0.1) is 6.61 Å². The zero-order valence-corrected chi connectivity index (χ0v) is 33.0. The minimum absolute atomic E-state index is 0.00213. The molecule has 0 radical (unpaired) electrons. The number of aliphatic hydroxyl groups is 1. The molecule has 0 saturated carbocycles. The van der Waals surface area contributed by atoms with Crippen LogP contribution in [0.3, 0.4) is 0 Å². The van der Waals surface area contributed by atoms with Crippen molar-refractivity contribution in [3.05, 3.63) is 0 Å². The molecule has 0 unspecified atom stereocenters. The molecule has 0 aromatic carbocycles. The molecule has 4 atom stereocenters. The van der Waals surface area contributed by atoms with Crippen molar-refractivity contribution in [1.82, 2.24) is 37.2 Å². The quantitative estimate of drug-likeness (QED) is 0.0560. The maximum atomic E-state index is 13.6. The Kier molecular flexibility index (Phi) is 24.8. The van der Waals surface area contributed by atoms with Crippen LogP contribution in [0.2, 0.25) is 0 Å². The summed E-state index contributed by atoms with van der Waals surface area (Å²) in [7, 11) is 0. The Balaban J connectivity index is 5.50. The van der Waals surface area contributed by atoms with E-state index in [4.69, 9.17) is 5.11 Å². The van der Waals surface area contributed by atoms with Crippen LogP contribution < -0.4 is 37.2 Å². The second-order valence-electron chi connectivity index (χ2n) is 14.9. The third-order valence-corrected chi connectivity index (χ3v) is 8.29. The molecule has 0 spiro atoms. The number of carbonyl (C=O) groups is 6. The number of amides is 6. The fourth-order valence-corrected chi connectivity index (χ4v) is 5.38. The lowest BCUT2D eigenvalue weighted by Gasteiger charge is -2.31. The van der Waals surface area contributed by atoms with E-state index in [0.29, 0.717) is 32.4 Å². The number of rotatable bonds is 28. The van der Waals surface area contributed by atoms with Gasteiger partial charge in [0.25, 0.3) is 0 Å². The van der Waals surface area contributed by atoms with Crippen molar-refractivity contribution < 1.29 is 33.9 Å². The van der Waals surface area contributed by atoms with Gasteiger partial charge in [0.15, 0.2) is 0 Å². The number of hydrogen-bond acceptors (Lipinski definition) is 8. The van der Waals surface area contributed by atoms with Gasteiger partial charge in [0.1, 0.15) is 23.7 Å². The minimum Gasteiger partial charge on any atom is -0.395 e. The molecule has 6 amide bonds. The molecule has 0 aromatic rings. The van der Waals surface area contributed by atoms with Crippen LogP contribution in [0, 0.1) is 11.8 Å². The third-order valence-electron chi connectivity index (χ3n) is 8.29. The number of nitrogens with one attached hydrogen (secondary N) is 7. The molecular formula is C37H71N7O7. The molecule has 0 bridgehead atoms. The number of unbranched alkanes of at least 4 members (excludes halogenated alkanes) is 5. The Morgan fingerprint density at radius 2 is 1.24 bits per heavy atom. The minimum atomic E-state index is -1.44. The van der Waals surface area contributed by atoms with Crippen molar-refractivity contribution in [3.8, 4) is 0 Å². The number of carbonyl (C=O) groups excluding carboxylic acids is 6. The topological polar surface area (TPSA) is 207 Å². The van der Waals surface area contributed by atoms with Gasteiger partial charge in [-0.3, -0.25) is 28.8 Å². The second-order valence-corrected chi connectivity index (χ2v) is 14.9. The molecule has 0 aliphatic carbocycles. The summed E-state index contributed by atoms with van der Waals surface area (Å²) in [5, 5.41) is 28.6. The first-order valence-electron chi connectivity index (χ1n) is 19.1. The van der Waals surface area contributed by atoms with Crippen molar-refractivity contribution in [1.29, 1.82) is 0 Å². The summed E-state index contributed by atoms with van der Waals surface area (Å²) in [6.45, 7) is 17.4. The predicted molar refractivity (Wildman–Crippen MR) is 200 cm³/mol. The Labute approximate surface area is 306 Å². The van der Waals surface area contributed by atoms with Gasteiger partial charge < -0.3 is 42.3 Å². The normalized spacial score (nSPS) is 13.9. The van der Waals surface area contributed by atoms with Crippen molar-refractivity contribution in [2.24, 2.45) is 11.8 Å². The molecule has 296 valence electrons. The Morgan fingerprint density at radius 3 is 1.80 bits per heavy atom. The first-order chi connectivity index (χ1) is 24.0. The SMILES string of the molecule is CCCCCCCC[C@H](NC(=O)CC)C(=O)N[C@@H](CC(C)C)C(=O)NC(C)(C)C(=O)N[C@@H](CC(C)C)C(=O)NCCC(=O)N[C@@H](C)CNCCO. The van der Waals surface area contributed by atoms with Crippen LogP contribution in [0.4, 0.5) is 0 Å². The summed E-state index contributed by atoms with van der Waals surface area (Å²) >= 11 is 0. The highest BCUT2D eigenvalue weighted by atomic mass is 16.3. The smallest absolute Gasteiger partial charge is 0.245 e. The Hall–Kier alpha value is -3.26. The molecule has 14 heteroatoms. The lowest BCUT2D eigenvalue weighted by molar-refractivity contribution is -0.137. The van der Waals surface area contributed by atoms with Crippen molar-refractivity contribution in [2.45, 2.75) is 163 Å². The fraction of sp³-hybridized carbons (Fsp3) is 0.838. The van der Waals surface area contributed by atoms with Crippen molar-refractivity contribution in [3.63, 3.8) is 0 Å². The van der Waals surface area contributed by atoms with Gasteiger partial charge in [0, 0.05) is 38.5 Å². The summed E-state index contributed by atoms with van der Waals surface area (Å²) in [4.78, 5) is 78.3. The Morgan fingerprint density at radius 1 is 0.647 bits per heavy atom. The van der Waals surface area contributed by atoms with Crippen LogP contribution in [0.15, 0.2) is 0 Å². The summed E-state index contributed by atoms with van der Waals surface area (Å²) in [6, 6.07) is -2.80. The molecule has 0 rings (SSSR count). The van der Waals surface area contributed by atoms with Crippen LogP contribution in [0.25, 0.3) is 0 Å². The van der Waals surface area contributed by atoms with Gasteiger partial charge in [-0.25, -0.2) is 0 Å². The van der Waals surface area contributed by atoms with Crippen LogP contribution in [0.1, 0.15) is 133 Å². The number of aliphatic hydroxyl groups excluding tert-OH is 1. The van der Waals surface area contributed by atoms with E-state index in [1.165, 1.54) is 13.8 Å². The molecule has 51 heavy (non-hydrogen) atoms. The first kappa shape index (κ1) is 47.7. The molecule has 0 aliphatic heterocycles. The lowest BCUT2D eigenvalue weighted by atomic mass is 9.97. The molecular weight excluding hydrogens is 654 g/mol. The van der Waals surface area contributed by atoms with Crippen LogP contribution in [-0.2, 0) is 28.8 Å². The highest BCUT2D eigenvalue weighted by Crippen LogP contribution is 2.13. The molecule has 0 saturated heterocycles. The summed E-state index contributed by atoms with van der Waals surface area (Å²) in [5.41, 5.74) is -1.44. The van der Waals surface area contributed by atoms with Gasteiger partial charge in [0.2, 0.25) is 35.4 Å². The van der Waals surface area contributed by atoms with Crippen LogP contribution >= 0.6 is 0 Å². The second kappa shape index (κ2) is 26.5. The number of hydrogen-bond donors (Lipinski definition) is 8. The van der Waals surface area contributed by atoms with Gasteiger partial charge in [-0.05, 0) is 51.9 Å². The highest BCUT2D eigenvalue weighted by Gasteiger charge is 2.36. The molecule has 14 nitrogen and oxygen atoms in total. The maximum absolute atomic E-state index is 13.6. The van der Waals surface area contributed by atoms with E-state index in [-0.39, 0.29) is 55.7 Å². The third kappa shape index (κ3) is 22.3. The average Bonchev–Trinajstić information content (AvgIpc) is 3.04. The zero-order valence-electron chi connectivity index (χ0n) is 33.0. The van der Waals surface area contributed by atoms with Gasteiger partial charge >= 0.3 is 0 Å². The van der Waals surface area contributed by atoms with E-state index >= 15 is 0 Å². The highest BCUT2D eigenvalue weighted by molar-refractivity contribution is 5.97. The van der Waals surface area contributed by atoms with E-state index in [9.17, 15) is 28.8 Å². The van der Waals surface area contributed by atoms with E-state index in [1.807, 2.05) is 34.6 Å². The van der Waals surface area contributed by atoms with Gasteiger partial charge in [-0.15, -0.1) is 0 Å². The first-order valence-corrected chi connectivity index (χ1v) is 19.1.